The fourth-order valence-electron chi connectivity index (χ4n) is 1.37. The molecule has 0 amide bonds. The van der Waals surface area contributed by atoms with E-state index in [2.05, 4.69) is 11.2 Å². The van der Waals surface area contributed by atoms with Gasteiger partial charge in [-0.1, -0.05) is 17.7 Å². The lowest BCUT2D eigenvalue weighted by Gasteiger charge is -2.02. The average molecular weight is 264 g/mol. The maximum atomic E-state index is 8.74. The van der Waals surface area contributed by atoms with E-state index in [9.17, 15) is 0 Å². The number of aromatic nitrogens is 2. The lowest BCUT2D eigenvalue weighted by Crippen LogP contribution is -1.85. The Morgan fingerprint density at radius 3 is 2.94 bits per heavy atom. The molecule has 2 aromatic rings. The topological polar surface area (TPSA) is 41.6 Å². The summed E-state index contributed by atoms with van der Waals surface area (Å²) in [5, 5.41) is 13.5. The highest BCUT2D eigenvalue weighted by Crippen LogP contribution is 2.26. The first-order valence-corrected chi connectivity index (χ1v) is 6.35. The second-order valence-electron chi connectivity index (χ2n) is 3.56. The summed E-state index contributed by atoms with van der Waals surface area (Å²) in [6.45, 7) is 0. The fraction of sp³-hybridized carbons (Fsp3) is 0.167. The van der Waals surface area contributed by atoms with Gasteiger partial charge in [0.1, 0.15) is 0 Å². The summed E-state index contributed by atoms with van der Waals surface area (Å²) in [6, 6.07) is 7.44. The Kier molecular flexibility index (Phi) is 3.72. The third-order valence-corrected chi connectivity index (χ3v) is 3.61. The van der Waals surface area contributed by atoms with Crippen molar-refractivity contribution >= 4 is 23.4 Å². The maximum Gasteiger partial charge on any atom is 0.0992 e. The second kappa shape index (κ2) is 5.26. The third-order valence-electron chi connectivity index (χ3n) is 2.26. The number of hydrogen-bond donors (Lipinski definition) is 0. The smallest absolute Gasteiger partial charge is 0.0992 e. The Morgan fingerprint density at radius 2 is 2.35 bits per heavy atom. The van der Waals surface area contributed by atoms with E-state index in [0.29, 0.717) is 10.6 Å². The van der Waals surface area contributed by atoms with E-state index in [-0.39, 0.29) is 0 Å². The zero-order valence-electron chi connectivity index (χ0n) is 9.22. The van der Waals surface area contributed by atoms with E-state index in [4.69, 9.17) is 16.9 Å². The van der Waals surface area contributed by atoms with Crippen molar-refractivity contribution in [3.63, 3.8) is 0 Å². The Morgan fingerprint density at radius 1 is 1.53 bits per heavy atom. The molecule has 0 saturated heterocycles. The van der Waals surface area contributed by atoms with E-state index in [1.807, 2.05) is 25.5 Å². The van der Waals surface area contributed by atoms with Gasteiger partial charge in [0.05, 0.1) is 17.8 Å². The molecule has 0 N–H and O–H groups in total. The van der Waals surface area contributed by atoms with Gasteiger partial charge in [0.25, 0.3) is 0 Å². The van der Waals surface area contributed by atoms with Crippen LogP contribution in [0, 0.1) is 11.3 Å². The first kappa shape index (κ1) is 12.0. The fourth-order valence-corrected chi connectivity index (χ4v) is 2.62. The Bertz CT molecular complexity index is 571. The van der Waals surface area contributed by atoms with Gasteiger partial charge in [-0.3, -0.25) is 4.68 Å². The molecule has 17 heavy (non-hydrogen) atoms. The molecule has 0 atom stereocenters. The lowest BCUT2D eigenvalue weighted by atomic mass is 10.2. The van der Waals surface area contributed by atoms with Gasteiger partial charge in [-0.25, -0.2) is 0 Å². The van der Waals surface area contributed by atoms with Crippen molar-refractivity contribution < 1.29 is 0 Å². The lowest BCUT2D eigenvalue weighted by molar-refractivity contribution is 0.766. The standard InChI is InChI=1S/C12H10ClN3S/c1-16-7-11(6-15-16)17-8-10-3-2-9(5-14)4-12(10)13/h2-4,6-7H,8H2,1H3. The SMILES string of the molecule is Cn1cc(SCc2ccc(C#N)cc2Cl)cn1. The van der Waals surface area contributed by atoms with Crippen molar-refractivity contribution in [3.8, 4) is 6.07 Å². The Hall–Kier alpha value is -1.44. The predicted octanol–water partition coefficient (Wildman–Crippen LogP) is 3.24. The van der Waals surface area contributed by atoms with Crippen molar-refractivity contribution in [1.29, 1.82) is 5.26 Å². The van der Waals surface area contributed by atoms with Crippen LogP contribution >= 0.6 is 23.4 Å². The molecule has 1 aromatic carbocycles. The normalized spacial score (nSPS) is 10.2. The van der Waals surface area contributed by atoms with Gasteiger partial charge in [-0.2, -0.15) is 10.4 Å². The monoisotopic (exact) mass is 263 g/mol. The summed E-state index contributed by atoms with van der Waals surface area (Å²) < 4.78 is 1.77. The van der Waals surface area contributed by atoms with Crippen LogP contribution in [0.2, 0.25) is 5.02 Å². The van der Waals surface area contributed by atoms with Crippen LogP contribution in [0.4, 0.5) is 0 Å². The van der Waals surface area contributed by atoms with E-state index in [1.165, 1.54) is 0 Å². The van der Waals surface area contributed by atoms with E-state index >= 15 is 0 Å². The molecule has 86 valence electrons. The van der Waals surface area contributed by atoms with Crippen molar-refractivity contribution in [2.24, 2.45) is 7.05 Å². The molecular formula is C12H10ClN3S. The largest absolute Gasteiger partial charge is 0.275 e. The summed E-state index contributed by atoms with van der Waals surface area (Å²) in [5.41, 5.74) is 1.62. The van der Waals surface area contributed by atoms with Crippen LogP contribution in [-0.2, 0) is 12.8 Å². The zero-order valence-corrected chi connectivity index (χ0v) is 10.8. The van der Waals surface area contributed by atoms with Crippen LogP contribution in [0.3, 0.4) is 0 Å². The number of thioether (sulfide) groups is 1. The molecule has 0 aliphatic rings. The molecular weight excluding hydrogens is 254 g/mol. The van der Waals surface area contributed by atoms with Crippen molar-refractivity contribution in [2.45, 2.75) is 10.6 Å². The quantitative estimate of drug-likeness (QED) is 0.799. The second-order valence-corrected chi connectivity index (χ2v) is 5.01. The first-order valence-electron chi connectivity index (χ1n) is 4.99. The van der Waals surface area contributed by atoms with Gasteiger partial charge in [-0.15, -0.1) is 11.8 Å². The summed E-state index contributed by atoms with van der Waals surface area (Å²) in [6.07, 6.45) is 3.78. The Labute approximate surface area is 109 Å². The van der Waals surface area contributed by atoms with Crippen molar-refractivity contribution in [1.82, 2.24) is 9.78 Å². The number of benzene rings is 1. The molecule has 0 unspecified atom stereocenters. The molecule has 0 saturated carbocycles. The summed E-state index contributed by atoms with van der Waals surface area (Å²) in [5.74, 6) is 0.774. The van der Waals surface area contributed by atoms with Gasteiger partial charge >= 0.3 is 0 Å². The number of nitrogens with zero attached hydrogens (tertiary/aromatic N) is 3. The molecule has 5 heteroatoms. The molecule has 1 heterocycles. The number of halogens is 1. The number of rotatable bonds is 3. The van der Waals surface area contributed by atoms with Gasteiger partial charge in [0.2, 0.25) is 0 Å². The highest BCUT2D eigenvalue weighted by atomic mass is 35.5. The van der Waals surface area contributed by atoms with E-state index in [0.717, 1.165) is 16.2 Å². The van der Waals surface area contributed by atoms with Crippen LogP contribution in [0.25, 0.3) is 0 Å². The molecule has 0 radical (unpaired) electrons. The number of nitriles is 1. The minimum absolute atomic E-state index is 0.588. The van der Waals surface area contributed by atoms with Gasteiger partial charge in [0, 0.05) is 28.9 Å². The number of aryl methyl sites for hydroxylation is 1. The molecule has 0 aliphatic carbocycles. The third kappa shape index (κ3) is 3.02. The molecule has 2 rings (SSSR count). The summed E-state index contributed by atoms with van der Waals surface area (Å²) in [4.78, 5) is 1.10. The van der Waals surface area contributed by atoms with Crippen molar-refractivity contribution in [2.75, 3.05) is 0 Å². The minimum atomic E-state index is 0.588. The molecule has 0 spiro atoms. The Balaban J connectivity index is 2.07. The zero-order chi connectivity index (χ0) is 12.3. The highest BCUT2D eigenvalue weighted by molar-refractivity contribution is 7.98. The highest BCUT2D eigenvalue weighted by Gasteiger charge is 2.04. The van der Waals surface area contributed by atoms with E-state index < -0.39 is 0 Å². The van der Waals surface area contributed by atoms with Crippen LogP contribution < -0.4 is 0 Å². The van der Waals surface area contributed by atoms with Crippen LogP contribution in [0.5, 0.6) is 0 Å². The van der Waals surface area contributed by atoms with Crippen LogP contribution in [-0.4, -0.2) is 9.78 Å². The summed E-state index contributed by atoms with van der Waals surface area (Å²) in [7, 11) is 1.89. The summed E-state index contributed by atoms with van der Waals surface area (Å²) >= 11 is 7.77. The molecule has 0 fully saturated rings. The molecule has 1 aromatic heterocycles. The maximum absolute atomic E-state index is 8.74. The molecule has 0 aliphatic heterocycles. The van der Waals surface area contributed by atoms with Crippen molar-refractivity contribution in [3.05, 3.63) is 46.7 Å². The minimum Gasteiger partial charge on any atom is -0.275 e. The number of hydrogen-bond acceptors (Lipinski definition) is 3. The predicted molar refractivity (Wildman–Crippen MR) is 68.9 cm³/mol. The van der Waals surface area contributed by atoms with Crippen LogP contribution in [0.15, 0.2) is 35.5 Å². The van der Waals surface area contributed by atoms with Gasteiger partial charge < -0.3 is 0 Å². The van der Waals surface area contributed by atoms with Gasteiger partial charge in [-0.05, 0) is 17.7 Å². The van der Waals surface area contributed by atoms with E-state index in [1.54, 1.807) is 28.6 Å². The molecule has 0 bridgehead atoms. The molecule has 3 nitrogen and oxygen atoms in total. The van der Waals surface area contributed by atoms with Gasteiger partial charge in [0.15, 0.2) is 0 Å². The van der Waals surface area contributed by atoms with Crippen LogP contribution in [0.1, 0.15) is 11.1 Å². The first-order chi connectivity index (χ1) is 8.19. The average Bonchev–Trinajstić information content (AvgIpc) is 2.73.